The quantitative estimate of drug-likeness (QED) is 0.843. The summed E-state index contributed by atoms with van der Waals surface area (Å²) in [4.78, 5) is 28.1. The van der Waals surface area contributed by atoms with Crippen molar-refractivity contribution in [1.82, 2.24) is 9.80 Å². The third-order valence-electron chi connectivity index (χ3n) is 4.23. The van der Waals surface area contributed by atoms with E-state index in [4.69, 9.17) is 20.8 Å². The molecule has 144 valence electrons. The molecule has 3 amide bonds. The average Bonchev–Trinajstić information content (AvgIpc) is 3.22. The molecule has 1 saturated heterocycles. The number of amides is 3. The number of rotatable bonds is 5. The molecule has 0 atom stereocenters. The van der Waals surface area contributed by atoms with Crippen molar-refractivity contribution in [3.63, 3.8) is 0 Å². The minimum Gasteiger partial charge on any atom is -0.492 e. The van der Waals surface area contributed by atoms with E-state index < -0.39 is 0 Å². The van der Waals surface area contributed by atoms with Crippen molar-refractivity contribution in [3.8, 4) is 5.75 Å². The van der Waals surface area contributed by atoms with E-state index in [0.717, 1.165) is 6.42 Å². The highest BCUT2D eigenvalue weighted by Gasteiger charge is 2.26. The lowest BCUT2D eigenvalue weighted by Gasteiger charge is -2.34. The van der Waals surface area contributed by atoms with Crippen LogP contribution in [0.2, 0.25) is 5.02 Å². The summed E-state index contributed by atoms with van der Waals surface area (Å²) in [6, 6.07) is 8.26. The zero-order chi connectivity index (χ0) is 19.2. The molecular formula is C19H22ClN3O4. The maximum Gasteiger partial charge on any atom is 0.321 e. The number of urea groups is 1. The van der Waals surface area contributed by atoms with Gasteiger partial charge in [-0.15, -0.1) is 0 Å². The molecule has 0 unspecified atom stereocenters. The summed E-state index contributed by atoms with van der Waals surface area (Å²) in [5, 5.41) is 3.29. The number of furan rings is 1. The summed E-state index contributed by atoms with van der Waals surface area (Å²) in [6.45, 7) is 4.42. The van der Waals surface area contributed by atoms with Crippen LogP contribution in [0.25, 0.3) is 0 Å². The summed E-state index contributed by atoms with van der Waals surface area (Å²) in [5.41, 5.74) is 0.600. The number of anilines is 1. The number of nitrogens with zero attached hydrogens (tertiary/aromatic N) is 2. The number of ether oxygens (including phenoxy) is 1. The minimum atomic E-state index is -0.224. The molecule has 1 N–H and O–H groups in total. The molecule has 8 heteroatoms. The number of hydrogen-bond acceptors (Lipinski definition) is 4. The first-order chi connectivity index (χ1) is 13.1. The van der Waals surface area contributed by atoms with Crippen molar-refractivity contribution in [2.24, 2.45) is 0 Å². The van der Waals surface area contributed by atoms with Gasteiger partial charge in [-0.1, -0.05) is 18.5 Å². The van der Waals surface area contributed by atoms with E-state index in [1.807, 2.05) is 6.92 Å². The second-order valence-electron chi connectivity index (χ2n) is 6.18. The highest BCUT2D eigenvalue weighted by molar-refractivity contribution is 6.32. The maximum absolute atomic E-state index is 12.5. The van der Waals surface area contributed by atoms with Gasteiger partial charge in [0.15, 0.2) is 5.76 Å². The van der Waals surface area contributed by atoms with Gasteiger partial charge in [-0.3, -0.25) is 4.79 Å². The van der Waals surface area contributed by atoms with Gasteiger partial charge >= 0.3 is 6.03 Å². The first kappa shape index (κ1) is 19.1. The Kier molecular flexibility index (Phi) is 6.24. The third-order valence-corrected chi connectivity index (χ3v) is 4.53. The molecule has 2 aromatic rings. The molecule has 0 aliphatic carbocycles. The van der Waals surface area contributed by atoms with Crippen LogP contribution in [0, 0.1) is 0 Å². The van der Waals surface area contributed by atoms with E-state index in [-0.39, 0.29) is 11.9 Å². The van der Waals surface area contributed by atoms with Crippen molar-refractivity contribution in [1.29, 1.82) is 0 Å². The van der Waals surface area contributed by atoms with Crippen molar-refractivity contribution in [2.75, 3.05) is 38.1 Å². The number of carbonyl (C=O) groups excluding carboxylic acids is 2. The Hall–Kier alpha value is -2.67. The van der Waals surface area contributed by atoms with Crippen molar-refractivity contribution >= 4 is 29.2 Å². The Morgan fingerprint density at radius 2 is 1.93 bits per heavy atom. The minimum absolute atomic E-state index is 0.158. The van der Waals surface area contributed by atoms with Crippen LogP contribution in [-0.4, -0.2) is 54.5 Å². The molecule has 0 radical (unpaired) electrons. The number of piperazine rings is 1. The van der Waals surface area contributed by atoms with E-state index >= 15 is 0 Å². The predicted molar refractivity (Wildman–Crippen MR) is 102 cm³/mol. The Morgan fingerprint density at radius 1 is 1.19 bits per heavy atom. The van der Waals surface area contributed by atoms with E-state index in [0.29, 0.717) is 55.0 Å². The molecule has 1 aromatic heterocycles. The Bertz CT molecular complexity index is 786. The summed E-state index contributed by atoms with van der Waals surface area (Å²) >= 11 is 6.19. The number of carbonyl (C=O) groups is 2. The van der Waals surface area contributed by atoms with Gasteiger partial charge in [0.05, 0.1) is 17.9 Å². The van der Waals surface area contributed by atoms with Crippen molar-refractivity contribution in [3.05, 3.63) is 47.4 Å². The Labute approximate surface area is 162 Å². The zero-order valence-electron chi connectivity index (χ0n) is 15.1. The summed E-state index contributed by atoms with van der Waals surface area (Å²) < 4.78 is 10.7. The molecule has 3 rings (SSSR count). The van der Waals surface area contributed by atoms with Crippen LogP contribution >= 0.6 is 11.6 Å². The van der Waals surface area contributed by atoms with Crippen LogP contribution in [0.4, 0.5) is 10.5 Å². The molecule has 1 aromatic carbocycles. The van der Waals surface area contributed by atoms with Gasteiger partial charge < -0.3 is 24.3 Å². The largest absolute Gasteiger partial charge is 0.492 e. The third kappa shape index (κ3) is 4.74. The van der Waals surface area contributed by atoms with E-state index in [1.165, 1.54) is 6.26 Å². The monoisotopic (exact) mass is 391 g/mol. The molecule has 2 heterocycles. The molecule has 7 nitrogen and oxygen atoms in total. The first-order valence-electron chi connectivity index (χ1n) is 8.89. The van der Waals surface area contributed by atoms with Crippen molar-refractivity contribution in [2.45, 2.75) is 13.3 Å². The molecule has 1 aliphatic heterocycles. The van der Waals surface area contributed by atoms with Gasteiger partial charge in [0.25, 0.3) is 5.91 Å². The SMILES string of the molecule is CCCOc1ccc(NC(=O)N2CCN(C(=O)c3ccco3)CC2)cc1Cl. The van der Waals surface area contributed by atoms with E-state index in [9.17, 15) is 9.59 Å². The van der Waals surface area contributed by atoms with Crippen LogP contribution in [0.5, 0.6) is 5.75 Å². The van der Waals surface area contributed by atoms with Gasteiger partial charge in [0.1, 0.15) is 5.75 Å². The van der Waals surface area contributed by atoms with E-state index in [1.54, 1.807) is 40.1 Å². The Morgan fingerprint density at radius 3 is 2.56 bits per heavy atom. The summed E-state index contributed by atoms with van der Waals surface area (Å²) in [6.07, 6.45) is 2.36. The Balaban J connectivity index is 1.52. The highest BCUT2D eigenvalue weighted by Crippen LogP contribution is 2.28. The lowest BCUT2D eigenvalue weighted by atomic mass is 10.3. The van der Waals surface area contributed by atoms with Gasteiger partial charge in [0.2, 0.25) is 0 Å². The van der Waals surface area contributed by atoms with Gasteiger partial charge in [-0.05, 0) is 36.8 Å². The molecule has 0 saturated carbocycles. The van der Waals surface area contributed by atoms with E-state index in [2.05, 4.69) is 5.32 Å². The first-order valence-corrected chi connectivity index (χ1v) is 9.27. The van der Waals surface area contributed by atoms with Gasteiger partial charge in [0, 0.05) is 31.9 Å². The predicted octanol–water partition coefficient (Wildman–Crippen LogP) is 3.71. The molecular weight excluding hydrogens is 370 g/mol. The second kappa shape index (κ2) is 8.81. The fraction of sp³-hybridized carbons (Fsp3) is 0.368. The molecule has 0 spiro atoms. The summed E-state index contributed by atoms with van der Waals surface area (Å²) in [5.74, 6) is 0.754. The fourth-order valence-electron chi connectivity index (χ4n) is 2.78. The van der Waals surface area contributed by atoms with Crippen LogP contribution in [0.15, 0.2) is 41.0 Å². The van der Waals surface area contributed by atoms with Crippen LogP contribution in [0.1, 0.15) is 23.9 Å². The lowest BCUT2D eigenvalue weighted by Crippen LogP contribution is -2.51. The smallest absolute Gasteiger partial charge is 0.321 e. The van der Waals surface area contributed by atoms with Crippen LogP contribution in [-0.2, 0) is 0 Å². The average molecular weight is 392 g/mol. The topological polar surface area (TPSA) is 75.0 Å². The maximum atomic E-state index is 12.5. The molecule has 1 fully saturated rings. The zero-order valence-corrected chi connectivity index (χ0v) is 15.9. The number of hydrogen-bond donors (Lipinski definition) is 1. The van der Waals surface area contributed by atoms with Crippen LogP contribution < -0.4 is 10.1 Å². The fourth-order valence-corrected chi connectivity index (χ4v) is 3.01. The van der Waals surface area contributed by atoms with Crippen molar-refractivity contribution < 1.29 is 18.7 Å². The number of nitrogens with one attached hydrogen (secondary N) is 1. The molecule has 27 heavy (non-hydrogen) atoms. The normalized spacial score (nSPS) is 14.1. The number of halogens is 1. The second-order valence-corrected chi connectivity index (χ2v) is 6.59. The number of benzene rings is 1. The lowest BCUT2D eigenvalue weighted by molar-refractivity contribution is 0.0640. The molecule has 0 bridgehead atoms. The highest BCUT2D eigenvalue weighted by atomic mass is 35.5. The van der Waals surface area contributed by atoms with Gasteiger partial charge in [-0.25, -0.2) is 4.79 Å². The molecule has 1 aliphatic rings. The standard InChI is InChI=1S/C19H22ClN3O4/c1-2-11-26-16-6-5-14(13-15(16)20)21-19(25)23-9-7-22(8-10-23)18(24)17-4-3-12-27-17/h3-6,12-13H,2,7-11H2,1H3,(H,21,25). The van der Waals surface area contributed by atoms with Crippen LogP contribution in [0.3, 0.4) is 0 Å². The summed E-state index contributed by atoms with van der Waals surface area (Å²) in [7, 11) is 0. The van der Waals surface area contributed by atoms with Gasteiger partial charge in [-0.2, -0.15) is 0 Å².